The molecular formula is C11H15BrClNO3S. The second-order valence-corrected chi connectivity index (χ2v) is 6.97. The minimum Gasteiger partial charge on any atom is -0.492 e. The van der Waals surface area contributed by atoms with Crippen LogP contribution in [0.1, 0.15) is 13.3 Å². The first-order valence-electron chi connectivity index (χ1n) is 5.40. The zero-order valence-electron chi connectivity index (χ0n) is 9.90. The molecule has 0 aromatic heterocycles. The first-order valence-corrected chi connectivity index (χ1v) is 8.28. The zero-order chi connectivity index (χ0) is 13.8. The van der Waals surface area contributed by atoms with Gasteiger partial charge in [-0.05, 0) is 24.6 Å². The van der Waals surface area contributed by atoms with E-state index in [4.69, 9.17) is 21.5 Å². The van der Waals surface area contributed by atoms with E-state index in [1.165, 1.54) is 0 Å². The van der Waals surface area contributed by atoms with E-state index in [1.54, 1.807) is 12.1 Å². The van der Waals surface area contributed by atoms with Gasteiger partial charge in [-0.25, -0.2) is 13.6 Å². The number of primary sulfonamides is 1. The second kappa shape index (κ2) is 6.75. The van der Waals surface area contributed by atoms with Crippen molar-refractivity contribution in [2.45, 2.75) is 13.3 Å². The average Bonchev–Trinajstić information content (AvgIpc) is 2.24. The molecule has 0 saturated carbocycles. The third kappa shape index (κ3) is 5.56. The van der Waals surface area contributed by atoms with Crippen molar-refractivity contribution in [1.29, 1.82) is 0 Å². The third-order valence-electron chi connectivity index (χ3n) is 2.41. The quantitative estimate of drug-likeness (QED) is 0.852. The molecule has 2 N–H and O–H groups in total. The van der Waals surface area contributed by atoms with Gasteiger partial charge < -0.3 is 4.74 Å². The van der Waals surface area contributed by atoms with Crippen LogP contribution in [0, 0.1) is 5.92 Å². The maximum atomic E-state index is 11.0. The molecule has 4 nitrogen and oxygen atoms in total. The number of ether oxygens (including phenoxy) is 1. The highest BCUT2D eigenvalue weighted by Crippen LogP contribution is 2.28. The Kier molecular flexibility index (Phi) is 5.91. The van der Waals surface area contributed by atoms with Crippen LogP contribution in [0.25, 0.3) is 0 Å². The van der Waals surface area contributed by atoms with Crippen LogP contribution >= 0.6 is 27.5 Å². The first-order chi connectivity index (χ1) is 8.31. The Labute approximate surface area is 121 Å². The lowest BCUT2D eigenvalue weighted by molar-refractivity contribution is 0.257. The maximum absolute atomic E-state index is 11.0. The highest BCUT2D eigenvalue weighted by molar-refractivity contribution is 9.10. The summed E-state index contributed by atoms with van der Waals surface area (Å²) in [5.74, 6) is 0.310. The predicted octanol–water partition coefficient (Wildman–Crippen LogP) is 2.80. The molecule has 0 aliphatic rings. The molecule has 0 amide bonds. The number of hydrogen-bond donors (Lipinski definition) is 1. The largest absolute Gasteiger partial charge is 0.492 e. The fraction of sp³-hybridized carbons (Fsp3) is 0.455. The summed E-state index contributed by atoms with van der Waals surface area (Å²) >= 11 is 9.29. The van der Waals surface area contributed by atoms with Crippen molar-refractivity contribution in [1.82, 2.24) is 0 Å². The van der Waals surface area contributed by atoms with E-state index in [-0.39, 0.29) is 18.3 Å². The molecule has 1 atom stereocenters. The SMILES string of the molecule is CCC(COc1ccc(Br)cc1Cl)CS(N)(=O)=O. The van der Waals surface area contributed by atoms with E-state index in [2.05, 4.69) is 15.9 Å². The lowest BCUT2D eigenvalue weighted by Crippen LogP contribution is -2.26. The molecule has 0 bridgehead atoms. The zero-order valence-corrected chi connectivity index (χ0v) is 13.1. The summed E-state index contributed by atoms with van der Waals surface area (Å²) in [6, 6.07) is 5.26. The molecular weight excluding hydrogens is 342 g/mol. The van der Waals surface area contributed by atoms with Gasteiger partial charge in [0.15, 0.2) is 0 Å². The van der Waals surface area contributed by atoms with E-state index < -0.39 is 10.0 Å². The number of halogens is 2. The molecule has 7 heteroatoms. The van der Waals surface area contributed by atoms with E-state index in [0.717, 1.165) is 4.47 Å². The van der Waals surface area contributed by atoms with Crippen molar-refractivity contribution < 1.29 is 13.2 Å². The summed E-state index contributed by atoms with van der Waals surface area (Å²) in [6.07, 6.45) is 0.671. The van der Waals surface area contributed by atoms with Crippen LogP contribution < -0.4 is 9.88 Å². The molecule has 0 saturated heterocycles. The van der Waals surface area contributed by atoms with Crippen molar-refractivity contribution in [3.05, 3.63) is 27.7 Å². The van der Waals surface area contributed by atoms with Crippen LogP contribution in [0.2, 0.25) is 5.02 Å². The molecule has 1 rings (SSSR count). The van der Waals surface area contributed by atoms with Gasteiger partial charge in [-0.3, -0.25) is 0 Å². The Balaban J connectivity index is 2.62. The van der Waals surface area contributed by atoms with Gasteiger partial charge in [0.05, 0.1) is 17.4 Å². The van der Waals surface area contributed by atoms with Gasteiger partial charge in [-0.1, -0.05) is 34.5 Å². The van der Waals surface area contributed by atoms with Crippen LogP contribution in [0.5, 0.6) is 5.75 Å². The van der Waals surface area contributed by atoms with Gasteiger partial charge in [0.2, 0.25) is 10.0 Å². The monoisotopic (exact) mass is 355 g/mol. The maximum Gasteiger partial charge on any atom is 0.209 e. The summed E-state index contributed by atoms with van der Waals surface area (Å²) in [5.41, 5.74) is 0. The van der Waals surface area contributed by atoms with Crippen molar-refractivity contribution in [2.75, 3.05) is 12.4 Å². The number of hydrogen-bond acceptors (Lipinski definition) is 3. The summed E-state index contributed by atoms with van der Waals surface area (Å²) in [6.45, 7) is 2.16. The van der Waals surface area contributed by atoms with Crippen LogP contribution in [0.4, 0.5) is 0 Å². The van der Waals surface area contributed by atoms with Crippen LogP contribution in [0.3, 0.4) is 0 Å². The van der Waals surface area contributed by atoms with Crippen LogP contribution in [0.15, 0.2) is 22.7 Å². The minimum atomic E-state index is -3.48. The number of nitrogens with two attached hydrogens (primary N) is 1. The van der Waals surface area contributed by atoms with E-state index in [0.29, 0.717) is 17.2 Å². The molecule has 1 aromatic rings. The van der Waals surface area contributed by atoms with Crippen molar-refractivity contribution in [3.63, 3.8) is 0 Å². The Hall–Kier alpha value is -0.300. The summed E-state index contributed by atoms with van der Waals surface area (Å²) in [7, 11) is -3.48. The van der Waals surface area contributed by atoms with Gasteiger partial charge in [-0.15, -0.1) is 0 Å². The molecule has 0 heterocycles. The summed E-state index contributed by atoms with van der Waals surface area (Å²) < 4.78 is 28.4. The molecule has 102 valence electrons. The molecule has 18 heavy (non-hydrogen) atoms. The van der Waals surface area contributed by atoms with Gasteiger partial charge in [0.25, 0.3) is 0 Å². The molecule has 1 unspecified atom stereocenters. The Morgan fingerprint density at radius 1 is 1.50 bits per heavy atom. The van der Waals surface area contributed by atoms with E-state index in [9.17, 15) is 8.42 Å². The predicted molar refractivity (Wildman–Crippen MR) is 76.4 cm³/mol. The minimum absolute atomic E-state index is 0.0857. The fourth-order valence-electron chi connectivity index (χ4n) is 1.41. The van der Waals surface area contributed by atoms with Crippen molar-refractivity contribution in [3.8, 4) is 5.75 Å². The van der Waals surface area contributed by atoms with Crippen molar-refractivity contribution >= 4 is 37.6 Å². The van der Waals surface area contributed by atoms with Gasteiger partial charge in [-0.2, -0.15) is 0 Å². The lowest BCUT2D eigenvalue weighted by atomic mass is 10.1. The number of sulfonamides is 1. The second-order valence-electron chi connectivity index (χ2n) is 3.99. The standard InChI is InChI=1S/C11H15BrClNO3S/c1-2-8(7-18(14,15)16)6-17-11-4-3-9(12)5-10(11)13/h3-5,8H,2,6-7H2,1H3,(H2,14,15,16). The molecule has 0 aliphatic carbocycles. The van der Waals surface area contributed by atoms with Gasteiger partial charge in [0.1, 0.15) is 5.75 Å². The lowest BCUT2D eigenvalue weighted by Gasteiger charge is -2.15. The molecule has 0 aliphatic heterocycles. The molecule has 0 fully saturated rings. The van der Waals surface area contributed by atoms with Crippen molar-refractivity contribution in [2.24, 2.45) is 11.1 Å². The number of rotatable bonds is 6. The Morgan fingerprint density at radius 3 is 2.67 bits per heavy atom. The molecule has 0 spiro atoms. The molecule has 0 radical (unpaired) electrons. The van der Waals surface area contributed by atoms with E-state index in [1.807, 2.05) is 13.0 Å². The fourth-order valence-corrected chi connectivity index (χ4v) is 3.13. The first kappa shape index (κ1) is 15.8. The smallest absolute Gasteiger partial charge is 0.209 e. The Morgan fingerprint density at radius 2 is 2.17 bits per heavy atom. The summed E-state index contributed by atoms with van der Waals surface area (Å²) in [4.78, 5) is 0. The van der Waals surface area contributed by atoms with Crippen LogP contribution in [-0.4, -0.2) is 20.8 Å². The number of benzene rings is 1. The van der Waals surface area contributed by atoms with Crippen LogP contribution in [-0.2, 0) is 10.0 Å². The topological polar surface area (TPSA) is 69.4 Å². The summed E-state index contributed by atoms with van der Waals surface area (Å²) in [5, 5.41) is 5.50. The average molecular weight is 357 g/mol. The van der Waals surface area contributed by atoms with Gasteiger partial charge >= 0.3 is 0 Å². The van der Waals surface area contributed by atoms with E-state index >= 15 is 0 Å². The molecule has 1 aromatic carbocycles. The highest BCUT2D eigenvalue weighted by Gasteiger charge is 2.15. The normalized spacial score (nSPS) is 13.3. The van der Waals surface area contributed by atoms with Gasteiger partial charge in [0, 0.05) is 10.4 Å². The third-order valence-corrected chi connectivity index (χ3v) is 4.14. The Bertz CT molecular complexity index is 507. The highest BCUT2D eigenvalue weighted by atomic mass is 79.9.